The Balaban J connectivity index is 1.78. The lowest BCUT2D eigenvalue weighted by molar-refractivity contribution is 0.0303. The molecule has 2 rings (SSSR count). The quantitative estimate of drug-likeness (QED) is 0.743. The Kier molecular flexibility index (Phi) is 2.93. The number of hydrogen-bond acceptors (Lipinski definition) is 4. The van der Waals surface area contributed by atoms with Gasteiger partial charge in [0.15, 0.2) is 0 Å². The number of hydrogen-bond donors (Lipinski definition) is 0. The van der Waals surface area contributed by atoms with E-state index in [1.165, 1.54) is 0 Å². The number of nitrogens with zero attached hydrogens (tertiary/aromatic N) is 1. The molecule has 4 heteroatoms. The number of aromatic nitrogens is 1. The molecular formula is C9H13NO2S. The lowest BCUT2D eigenvalue weighted by Gasteiger charge is -2.07. The highest BCUT2D eigenvalue weighted by Crippen LogP contribution is 2.13. The van der Waals surface area contributed by atoms with Gasteiger partial charge in [0.05, 0.1) is 30.0 Å². The third kappa shape index (κ3) is 2.49. The van der Waals surface area contributed by atoms with Crippen LogP contribution in [0, 0.1) is 6.92 Å². The summed E-state index contributed by atoms with van der Waals surface area (Å²) in [6.07, 6.45) is 1.30. The highest BCUT2D eigenvalue weighted by Gasteiger charge is 2.16. The second-order valence-corrected chi connectivity index (χ2v) is 4.22. The van der Waals surface area contributed by atoms with Crippen LogP contribution in [0.2, 0.25) is 0 Å². The van der Waals surface area contributed by atoms with Gasteiger partial charge in [-0.2, -0.15) is 0 Å². The molecule has 1 aromatic heterocycles. The molecule has 1 saturated heterocycles. The molecule has 0 N–H and O–H groups in total. The Bertz CT molecular complexity index is 268. The molecule has 72 valence electrons. The zero-order chi connectivity index (χ0) is 9.10. The van der Waals surface area contributed by atoms with Crippen LogP contribution in [-0.4, -0.2) is 24.3 Å². The van der Waals surface area contributed by atoms with Crippen LogP contribution in [-0.2, 0) is 16.1 Å². The average molecular weight is 199 g/mol. The van der Waals surface area contributed by atoms with E-state index in [1.807, 2.05) is 12.3 Å². The van der Waals surface area contributed by atoms with Gasteiger partial charge in [-0.05, 0) is 13.3 Å². The fraction of sp³-hybridized carbons (Fsp3) is 0.667. The van der Waals surface area contributed by atoms with Crippen LogP contribution in [0.5, 0.6) is 0 Å². The number of ether oxygens (including phenoxy) is 2. The fourth-order valence-electron chi connectivity index (χ4n) is 1.32. The average Bonchev–Trinajstić information content (AvgIpc) is 2.71. The van der Waals surface area contributed by atoms with Gasteiger partial charge < -0.3 is 9.47 Å². The van der Waals surface area contributed by atoms with Crippen molar-refractivity contribution >= 4 is 11.3 Å². The molecule has 0 saturated carbocycles. The Morgan fingerprint density at radius 2 is 2.69 bits per heavy atom. The largest absolute Gasteiger partial charge is 0.379 e. The van der Waals surface area contributed by atoms with Crippen LogP contribution in [0.25, 0.3) is 0 Å². The molecule has 1 fully saturated rings. The van der Waals surface area contributed by atoms with Crippen LogP contribution in [0.15, 0.2) is 5.38 Å². The topological polar surface area (TPSA) is 31.4 Å². The predicted molar refractivity (Wildman–Crippen MR) is 50.9 cm³/mol. The minimum absolute atomic E-state index is 0.280. The van der Waals surface area contributed by atoms with Crippen molar-refractivity contribution in [1.29, 1.82) is 0 Å². The second kappa shape index (κ2) is 4.17. The summed E-state index contributed by atoms with van der Waals surface area (Å²) in [5.74, 6) is 0. The van der Waals surface area contributed by atoms with Crippen molar-refractivity contribution in [1.82, 2.24) is 4.98 Å². The molecule has 3 nitrogen and oxygen atoms in total. The van der Waals surface area contributed by atoms with Crippen LogP contribution in [0.4, 0.5) is 0 Å². The number of thiazole rings is 1. The fourth-order valence-corrected chi connectivity index (χ4v) is 1.92. The molecule has 0 amide bonds. The molecule has 1 aromatic rings. The molecule has 0 aliphatic carbocycles. The Hall–Kier alpha value is -0.450. The van der Waals surface area contributed by atoms with Gasteiger partial charge in [-0.3, -0.25) is 0 Å². The first-order valence-electron chi connectivity index (χ1n) is 4.45. The summed E-state index contributed by atoms with van der Waals surface area (Å²) in [5, 5.41) is 3.15. The second-order valence-electron chi connectivity index (χ2n) is 3.15. The summed E-state index contributed by atoms with van der Waals surface area (Å²) < 4.78 is 10.8. The normalized spacial score (nSPS) is 22.4. The van der Waals surface area contributed by atoms with Gasteiger partial charge in [-0.1, -0.05) is 0 Å². The van der Waals surface area contributed by atoms with Gasteiger partial charge in [0.1, 0.15) is 0 Å². The maximum absolute atomic E-state index is 5.62. The van der Waals surface area contributed by atoms with E-state index in [0.717, 1.165) is 30.3 Å². The molecule has 2 heterocycles. The summed E-state index contributed by atoms with van der Waals surface area (Å²) in [5.41, 5.74) is 1.04. The molecule has 1 aliphatic rings. The number of aryl methyl sites for hydroxylation is 1. The van der Waals surface area contributed by atoms with Crippen molar-refractivity contribution < 1.29 is 9.47 Å². The van der Waals surface area contributed by atoms with Crippen LogP contribution in [0.3, 0.4) is 0 Å². The molecule has 0 radical (unpaired) electrons. The number of rotatable bonds is 3. The van der Waals surface area contributed by atoms with Crippen molar-refractivity contribution in [2.24, 2.45) is 0 Å². The standard InChI is InChI=1S/C9H13NO2S/c1-7-10-8(6-13-7)4-12-9-2-3-11-5-9/h6,9H,2-5H2,1H3. The van der Waals surface area contributed by atoms with Gasteiger partial charge in [0.25, 0.3) is 0 Å². The van der Waals surface area contributed by atoms with E-state index in [0.29, 0.717) is 6.61 Å². The summed E-state index contributed by atoms with van der Waals surface area (Å²) in [6.45, 7) is 4.20. The zero-order valence-electron chi connectivity index (χ0n) is 7.66. The molecule has 0 bridgehead atoms. The Labute approximate surface area is 81.7 Å². The van der Waals surface area contributed by atoms with Gasteiger partial charge in [-0.25, -0.2) is 4.98 Å². The van der Waals surface area contributed by atoms with E-state index < -0.39 is 0 Å². The lowest BCUT2D eigenvalue weighted by Crippen LogP contribution is -2.11. The smallest absolute Gasteiger partial charge is 0.0901 e. The van der Waals surface area contributed by atoms with Crippen molar-refractivity contribution in [2.75, 3.05) is 13.2 Å². The van der Waals surface area contributed by atoms with E-state index >= 15 is 0 Å². The zero-order valence-corrected chi connectivity index (χ0v) is 8.47. The Morgan fingerprint density at radius 1 is 1.77 bits per heavy atom. The first-order valence-corrected chi connectivity index (χ1v) is 5.33. The molecule has 1 atom stereocenters. The van der Waals surface area contributed by atoms with Crippen LogP contribution < -0.4 is 0 Å². The molecular weight excluding hydrogens is 186 g/mol. The van der Waals surface area contributed by atoms with Gasteiger partial charge in [0.2, 0.25) is 0 Å². The predicted octanol–water partition coefficient (Wildman–Crippen LogP) is 1.76. The molecule has 1 unspecified atom stereocenters. The van der Waals surface area contributed by atoms with Gasteiger partial charge in [0, 0.05) is 12.0 Å². The van der Waals surface area contributed by atoms with Crippen molar-refractivity contribution in [3.05, 3.63) is 16.1 Å². The Morgan fingerprint density at radius 3 is 3.31 bits per heavy atom. The molecule has 1 aliphatic heterocycles. The van der Waals surface area contributed by atoms with Crippen molar-refractivity contribution in [3.8, 4) is 0 Å². The summed E-state index contributed by atoms with van der Waals surface area (Å²) in [7, 11) is 0. The summed E-state index contributed by atoms with van der Waals surface area (Å²) in [4.78, 5) is 4.32. The molecule has 13 heavy (non-hydrogen) atoms. The highest BCUT2D eigenvalue weighted by atomic mass is 32.1. The minimum Gasteiger partial charge on any atom is -0.379 e. The third-order valence-electron chi connectivity index (χ3n) is 2.02. The van der Waals surface area contributed by atoms with Gasteiger partial charge >= 0.3 is 0 Å². The van der Waals surface area contributed by atoms with Gasteiger partial charge in [-0.15, -0.1) is 11.3 Å². The maximum Gasteiger partial charge on any atom is 0.0901 e. The maximum atomic E-state index is 5.62. The van der Waals surface area contributed by atoms with E-state index in [1.54, 1.807) is 11.3 Å². The lowest BCUT2D eigenvalue weighted by atomic mass is 10.3. The first kappa shape index (κ1) is 9.12. The SMILES string of the molecule is Cc1nc(COC2CCOC2)cs1. The van der Waals surface area contributed by atoms with E-state index in [2.05, 4.69) is 4.98 Å². The summed E-state index contributed by atoms with van der Waals surface area (Å²) >= 11 is 1.66. The van der Waals surface area contributed by atoms with Crippen molar-refractivity contribution in [3.63, 3.8) is 0 Å². The highest BCUT2D eigenvalue weighted by molar-refractivity contribution is 7.09. The third-order valence-corrected chi connectivity index (χ3v) is 2.84. The van der Waals surface area contributed by atoms with E-state index in [-0.39, 0.29) is 6.10 Å². The first-order chi connectivity index (χ1) is 6.34. The van der Waals surface area contributed by atoms with Crippen LogP contribution in [0.1, 0.15) is 17.1 Å². The van der Waals surface area contributed by atoms with Crippen LogP contribution >= 0.6 is 11.3 Å². The van der Waals surface area contributed by atoms with Crippen molar-refractivity contribution in [2.45, 2.75) is 26.1 Å². The van der Waals surface area contributed by atoms with E-state index in [9.17, 15) is 0 Å². The molecule has 0 spiro atoms. The monoisotopic (exact) mass is 199 g/mol. The minimum atomic E-state index is 0.280. The summed E-state index contributed by atoms with van der Waals surface area (Å²) in [6, 6.07) is 0. The molecule has 0 aromatic carbocycles. The van der Waals surface area contributed by atoms with E-state index in [4.69, 9.17) is 9.47 Å².